The molecule has 0 saturated heterocycles. The minimum absolute atomic E-state index is 0. The van der Waals surface area contributed by atoms with E-state index in [1.54, 1.807) is 0 Å². The summed E-state index contributed by atoms with van der Waals surface area (Å²) in [6.45, 7) is 0. The van der Waals surface area contributed by atoms with Crippen molar-refractivity contribution in [2.45, 2.75) is 11.3 Å². The average molecular weight is 479 g/mol. The van der Waals surface area contributed by atoms with Crippen molar-refractivity contribution in [1.82, 2.24) is 9.55 Å². The highest BCUT2D eigenvalue weighted by atomic mass is 35.5. The first-order valence-corrected chi connectivity index (χ1v) is 10.4. The number of halogens is 4. The summed E-state index contributed by atoms with van der Waals surface area (Å²) in [7, 11) is -2.24. The van der Waals surface area contributed by atoms with Crippen LogP contribution in [0.3, 0.4) is 0 Å². The minimum atomic E-state index is -4.96. The Morgan fingerprint density at radius 3 is 2.60 bits per heavy atom. The van der Waals surface area contributed by atoms with Crippen LogP contribution in [0, 0.1) is 0 Å². The zero-order valence-corrected chi connectivity index (χ0v) is 17.5. The maximum absolute atomic E-state index is 12.7. The van der Waals surface area contributed by atoms with E-state index >= 15 is 0 Å². The van der Waals surface area contributed by atoms with Gasteiger partial charge in [0.2, 0.25) is 10.0 Å². The lowest BCUT2D eigenvalue weighted by Crippen LogP contribution is -2.18. The van der Waals surface area contributed by atoms with Gasteiger partial charge in [-0.25, -0.2) is 18.5 Å². The van der Waals surface area contributed by atoms with E-state index in [0.717, 1.165) is 33.8 Å². The average Bonchev–Trinajstić information content (AvgIpc) is 3.17. The second kappa shape index (κ2) is 7.61. The second-order valence-electron chi connectivity index (χ2n) is 6.17. The van der Waals surface area contributed by atoms with Crippen molar-refractivity contribution in [2.24, 2.45) is 12.2 Å². The lowest BCUT2D eigenvalue weighted by atomic mass is 10.2. The zero-order valence-electron chi connectivity index (χ0n) is 15.1. The summed E-state index contributed by atoms with van der Waals surface area (Å²) < 4.78 is 68.1. The van der Waals surface area contributed by atoms with E-state index in [2.05, 4.69) is 15.0 Å². The maximum Gasteiger partial charge on any atom is 0.573 e. The van der Waals surface area contributed by atoms with E-state index in [-0.39, 0.29) is 28.1 Å². The third-order valence-corrected chi connectivity index (χ3v) is 6.02. The normalized spacial score (nSPS) is 12.2. The maximum atomic E-state index is 12.7. The largest absolute Gasteiger partial charge is 0.573 e. The van der Waals surface area contributed by atoms with Crippen molar-refractivity contribution < 1.29 is 26.3 Å². The van der Waals surface area contributed by atoms with Crippen LogP contribution in [0.15, 0.2) is 47.5 Å². The van der Waals surface area contributed by atoms with Crippen molar-refractivity contribution in [3.63, 3.8) is 0 Å². The molecule has 13 heteroatoms. The molecule has 2 aromatic carbocycles. The molecule has 0 atom stereocenters. The van der Waals surface area contributed by atoms with Crippen LogP contribution in [0.4, 0.5) is 24.0 Å². The van der Waals surface area contributed by atoms with Crippen LogP contribution in [0.1, 0.15) is 0 Å². The van der Waals surface area contributed by atoms with Crippen LogP contribution in [-0.4, -0.2) is 24.3 Å². The van der Waals surface area contributed by atoms with Crippen molar-refractivity contribution in [2.75, 3.05) is 5.32 Å². The number of fused-ring (bicyclic) bond motifs is 3. The molecular weight excluding hydrogens is 465 g/mol. The summed E-state index contributed by atoms with van der Waals surface area (Å²) in [6, 6.07) is 8.46. The highest BCUT2D eigenvalue weighted by Crippen LogP contribution is 2.37. The minimum Gasteiger partial charge on any atom is -0.404 e. The van der Waals surface area contributed by atoms with Crippen LogP contribution < -0.4 is 15.2 Å². The van der Waals surface area contributed by atoms with Crippen LogP contribution in [0.2, 0.25) is 0 Å². The molecule has 3 N–H and O–H groups in total. The van der Waals surface area contributed by atoms with Crippen molar-refractivity contribution in [3.8, 4) is 5.75 Å². The van der Waals surface area contributed by atoms with Gasteiger partial charge in [0.1, 0.15) is 0 Å². The fourth-order valence-electron chi connectivity index (χ4n) is 2.91. The molecule has 4 rings (SSSR count). The molecule has 2 aromatic heterocycles. The van der Waals surface area contributed by atoms with Crippen LogP contribution in [0.5, 0.6) is 5.75 Å². The van der Waals surface area contributed by atoms with E-state index in [0.29, 0.717) is 5.52 Å². The van der Waals surface area contributed by atoms with Gasteiger partial charge in [-0.2, -0.15) is 0 Å². The molecule has 0 radical (unpaired) electrons. The third-order valence-electron chi connectivity index (χ3n) is 4.17. The van der Waals surface area contributed by atoms with Crippen LogP contribution >= 0.6 is 23.7 Å². The third kappa shape index (κ3) is 4.31. The molecule has 0 amide bonds. The zero-order chi connectivity index (χ0) is 21.0. The van der Waals surface area contributed by atoms with Crippen molar-refractivity contribution >= 4 is 65.7 Å². The molecule has 0 spiro atoms. The molecule has 0 aliphatic rings. The van der Waals surface area contributed by atoms with E-state index in [1.165, 1.54) is 11.3 Å². The first kappa shape index (κ1) is 22.2. The Bertz CT molecular complexity index is 1350. The molecule has 160 valence electrons. The molecule has 30 heavy (non-hydrogen) atoms. The molecule has 0 fully saturated rings. The molecule has 0 aliphatic heterocycles. The topological polar surface area (TPSA) is 99.2 Å². The summed E-state index contributed by atoms with van der Waals surface area (Å²) >= 11 is 1.21. The van der Waals surface area contributed by atoms with Gasteiger partial charge >= 0.3 is 6.36 Å². The van der Waals surface area contributed by atoms with Gasteiger partial charge in [0.15, 0.2) is 10.9 Å². The molecular formula is C17H14ClF3N4O3S2. The van der Waals surface area contributed by atoms with Gasteiger partial charge in [-0.05, 0) is 36.4 Å². The lowest BCUT2D eigenvalue weighted by molar-refractivity contribution is -0.274. The van der Waals surface area contributed by atoms with E-state index < -0.39 is 22.1 Å². The summed E-state index contributed by atoms with van der Waals surface area (Å²) in [5.41, 5.74) is 1.40. The highest BCUT2D eigenvalue weighted by Gasteiger charge is 2.32. The van der Waals surface area contributed by atoms with Gasteiger partial charge in [-0.15, -0.1) is 25.6 Å². The Kier molecular flexibility index (Phi) is 5.62. The summed E-state index contributed by atoms with van der Waals surface area (Å²) in [5.74, 6) is -0.603. The number of hydrogen-bond acceptors (Lipinski definition) is 6. The quantitative estimate of drug-likeness (QED) is 0.450. The van der Waals surface area contributed by atoms with Gasteiger partial charge in [-0.3, -0.25) is 0 Å². The standard InChI is InChI=1S/C17H13F3N4O3S2.ClH/c1-24-7-6-10-12(24)3-5-14-15(10)23-16(28-14)22-11-8-9(29(21,25)26)2-4-13(11)27-17(18,19)20;/h2-8H,1H3,(H,22,23)(H2,21,25,26);1H. The van der Waals surface area contributed by atoms with E-state index in [9.17, 15) is 21.6 Å². The number of aromatic nitrogens is 2. The molecule has 0 bridgehead atoms. The lowest BCUT2D eigenvalue weighted by Gasteiger charge is -2.14. The summed E-state index contributed by atoms with van der Waals surface area (Å²) in [4.78, 5) is 4.10. The Balaban J connectivity index is 0.00000256. The van der Waals surface area contributed by atoms with Crippen molar-refractivity contribution in [1.29, 1.82) is 0 Å². The fraction of sp³-hybridized carbons (Fsp3) is 0.118. The molecule has 2 heterocycles. The number of nitrogens with two attached hydrogens (primary N) is 1. The fourth-order valence-corrected chi connectivity index (χ4v) is 4.34. The van der Waals surface area contributed by atoms with Crippen LogP contribution in [-0.2, 0) is 17.1 Å². The second-order valence-corrected chi connectivity index (χ2v) is 8.76. The molecule has 0 saturated carbocycles. The van der Waals surface area contributed by atoms with Gasteiger partial charge in [0.25, 0.3) is 0 Å². The number of primary sulfonamides is 1. The number of rotatable bonds is 4. The number of nitrogens with zero attached hydrogens (tertiary/aromatic N) is 2. The van der Waals surface area contributed by atoms with Gasteiger partial charge in [0.05, 0.1) is 26.3 Å². The number of nitrogens with one attached hydrogen (secondary N) is 1. The van der Waals surface area contributed by atoms with E-state index in [4.69, 9.17) is 5.14 Å². The Morgan fingerprint density at radius 2 is 1.93 bits per heavy atom. The number of sulfonamides is 1. The predicted octanol–water partition coefficient (Wildman–Crippen LogP) is 4.50. The Hall–Kier alpha value is -2.54. The number of alkyl halides is 3. The molecule has 0 aliphatic carbocycles. The summed E-state index contributed by atoms with van der Waals surface area (Å²) in [5, 5.41) is 8.97. The van der Waals surface area contributed by atoms with Crippen LogP contribution in [0.25, 0.3) is 21.1 Å². The predicted molar refractivity (Wildman–Crippen MR) is 111 cm³/mol. The number of hydrogen-bond donors (Lipinski definition) is 2. The monoisotopic (exact) mass is 478 g/mol. The summed E-state index contributed by atoms with van der Waals surface area (Å²) in [6.07, 6.45) is -3.08. The first-order valence-electron chi connectivity index (χ1n) is 8.05. The Morgan fingerprint density at radius 1 is 1.20 bits per heavy atom. The molecule has 4 aromatic rings. The number of ether oxygens (including phenoxy) is 1. The van der Waals surface area contributed by atoms with E-state index in [1.807, 2.05) is 36.0 Å². The molecule has 0 unspecified atom stereocenters. The van der Waals surface area contributed by atoms with Crippen molar-refractivity contribution in [3.05, 3.63) is 42.6 Å². The van der Waals surface area contributed by atoms with Gasteiger partial charge in [0, 0.05) is 18.6 Å². The Labute approximate surface area is 178 Å². The first-order chi connectivity index (χ1) is 13.5. The SMILES string of the molecule is Cl.Cn1ccc2c3nc(Nc4cc(S(N)(=O)=O)ccc4OC(F)(F)F)sc3ccc21. The number of thiazole rings is 1. The number of anilines is 2. The van der Waals surface area contributed by atoms with Gasteiger partial charge < -0.3 is 14.6 Å². The number of aryl methyl sites for hydroxylation is 1. The smallest absolute Gasteiger partial charge is 0.404 e. The van der Waals surface area contributed by atoms with Gasteiger partial charge in [-0.1, -0.05) is 11.3 Å². The molecule has 7 nitrogen and oxygen atoms in total. The number of benzene rings is 2. The highest BCUT2D eigenvalue weighted by molar-refractivity contribution is 7.89.